The maximum atomic E-state index is 11.8. The maximum Gasteiger partial charge on any atom is 0.244 e. The number of hydrogen-bond acceptors (Lipinski definition) is 4. The molecule has 6 nitrogen and oxygen atoms in total. The van der Waals surface area contributed by atoms with Gasteiger partial charge in [0, 0.05) is 20.1 Å². The van der Waals surface area contributed by atoms with Crippen LogP contribution in [0.15, 0.2) is 0 Å². The predicted molar refractivity (Wildman–Crippen MR) is 70.8 cm³/mol. The maximum absolute atomic E-state index is 11.8. The van der Waals surface area contributed by atoms with Crippen LogP contribution in [-0.4, -0.2) is 62.1 Å². The van der Waals surface area contributed by atoms with E-state index in [-0.39, 0.29) is 30.3 Å². The van der Waals surface area contributed by atoms with E-state index in [9.17, 15) is 9.59 Å². The third-order valence-electron chi connectivity index (χ3n) is 2.82. The summed E-state index contributed by atoms with van der Waals surface area (Å²) >= 11 is 0. The zero-order chi connectivity index (χ0) is 12.8. The number of nitrogens with one attached hydrogen (secondary N) is 2. The Morgan fingerprint density at radius 3 is 2.72 bits per heavy atom. The van der Waals surface area contributed by atoms with Crippen LogP contribution < -0.4 is 10.6 Å². The van der Waals surface area contributed by atoms with Gasteiger partial charge in [-0.05, 0) is 13.8 Å². The molecule has 2 amide bonds. The van der Waals surface area contributed by atoms with Gasteiger partial charge in [0.1, 0.15) is 12.1 Å². The summed E-state index contributed by atoms with van der Waals surface area (Å²) in [7, 11) is 1.72. The molecule has 0 aliphatic carbocycles. The molecule has 7 heteroatoms. The van der Waals surface area contributed by atoms with Crippen LogP contribution >= 0.6 is 12.4 Å². The first-order chi connectivity index (χ1) is 8.06. The van der Waals surface area contributed by atoms with Gasteiger partial charge in [0.25, 0.3) is 0 Å². The van der Waals surface area contributed by atoms with Crippen LogP contribution in [0.25, 0.3) is 0 Å². The molecule has 0 spiro atoms. The molecule has 1 rings (SSSR count). The molecule has 0 aromatic heterocycles. The van der Waals surface area contributed by atoms with Crippen molar-refractivity contribution in [3.8, 4) is 0 Å². The second-order valence-electron chi connectivity index (χ2n) is 4.16. The summed E-state index contributed by atoms with van der Waals surface area (Å²) in [6.45, 7) is 5.85. The third kappa shape index (κ3) is 4.80. The Kier molecular flexibility index (Phi) is 7.90. The van der Waals surface area contributed by atoms with Gasteiger partial charge in [0.2, 0.25) is 11.8 Å². The summed E-state index contributed by atoms with van der Waals surface area (Å²) in [5.41, 5.74) is 0. The van der Waals surface area contributed by atoms with Crippen molar-refractivity contribution < 1.29 is 14.3 Å². The van der Waals surface area contributed by atoms with E-state index in [0.717, 1.165) is 0 Å². The first-order valence-electron chi connectivity index (χ1n) is 5.92. The van der Waals surface area contributed by atoms with Crippen molar-refractivity contribution >= 4 is 24.2 Å². The number of nitrogens with zero attached hydrogens (tertiary/aromatic N) is 1. The predicted octanol–water partition coefficient (Wildman–Crippen LogP) is -0.620. The number of amides is 2. The minimum absolute atomic E-state index is 0. The van der Waals surface area contributed by atoms with Crippen molar-refractivity contribution in [2.75, 3.05) is 33.4 Å². The SMILES string of the molecule is CCN(C)C(=O)C(C)NC(=O)C1COCCN1.Cl. The highest BCUT2D eigenvalue weighted by molar-refractivity contribution is 5.89. The molecule has 2 unspecified atom stereocenters. The molecule has 0 aromatic carbocycles. The number of halogens is 1. The number of carbonyl (C=O) groups excluding carboxylic acids is 2. The normalized spacial score (nSPS) is 20.5. The minimum atomic E-state index is -0.504. The van der Waals surface area contributed by atoms with Gasteiger partial charge < -0.3 is 20.3 Å². The first kappa shape index (κ1) is 17.2. The zero-order valence-corrected chi connectivity index (χ0v) is 11.9. The van der Waals surface area contributed by atoms with Crippen molar-refractivity contribution in [3.05, 3.63) is 0 Å². The van der Waals surface area contributed by atoms with Gasteiger partial charge in [-0.2, -0.15) is 0 Å². The van der Waals surface area contributed by atoms with Crippen LogP contribution in [0, 0.1) is 0 Å². The van der Waals surface area contributed by atoms with Gasteiger partial charge in [-0.25, -0.2) is 0 Å². The Morgan fingerprint density at radius 2 is 2.22 bits per heavy atom. The van der Waals surface area contributed by atoms with E-state index in [0.29, 0.717) is 26.3 Å². The number of morpholine rings is 1. The van der Waals surface area contributed by atoms with Crippen LogP contribution in [0.4, 0.5) is 0 Å². The third-order valence-corrected chi connectivity index (χ3v) is 2.82. The summed E-state index contributed by atoms with van der Waals surface area (Å²) < 4.78 is 5.20. The summed E-state index contributed by atoms with van der Waals surface area (Å²) in [6, 6.07) is -0.859. The number of hydrogen-bond donors (Lipinski definition) is 2. The zero-order valence-electron chi connectivity index (χ0n) is 11.1. The van der Waals surface area contributed by atoms with Gasteiger partial charge in [-0.15, -0.1) is 12.4 Å². The topological polar surface area (TPSA) is 70.7 Å². The summed E-state index contributed by atoms with van der Waals surface area (Å²) in [6.07, 6.45) is 0. The van der Waals surface area contributed by atoms with E-state index >= 15 is 0 Å². The van der Waals surface area contributed by atoms with Gasteiger partial charge in [0.15, 0.2) is 0 Å². The highest BCUT2D eigenvalue weighted by atomic mass is 35.5. The smallest absolute Gasteiger partial charge is 0.244 e. The van der Waals surface area contributed by atoms with Crippen LogP contribution in [0.2, 0.25) is 0 Å². The highest BCUT2D eigenvalue weighted by Gasteiger charge is 2.25. The van der Waals surface area contributed by atoms with Gasteiger partial charge >= 0.3 is 0 Å². The van der Waals surface area contributed by atoms with Crippen molar-refractivity contribution in [3.63, 3.8) is 0 Å². The highest BCUT2D eigenvalue weighted by Crippen LogP contribution is 1.96. The standard InChI is InChI=1S/C11H21N3O3.ClH/c1-4-14(3)11(16)8(2)13-10(15)9-7-17-6-5-12-9;/h8-9,12H,4-7H2,1-3H3,(H,13,15);1H. The van der Waals surface area contributed by atoms with E-state index in [1.165, 1.54) is 0 Å². The summed E-state index contributed by atoms with van der Waals surface area (Å²) in [5.74, 6) is -0.271. The molecule has 106 valence electrons. The molecule has 0 aromatic rings. The van der Waals surface area contributed by atoms with Gasteiger partial charge in [-0.3, -0.25) is 9.59 Å². The van der Waals surface area contributed by atoms with E-state index < -0.39 is 6.04 Å². The van der Waals surface area contributed by atoms with Crippen LogP contribution in [0.1, 0.15) is 13.8 Å². The van der Waals surface area contributed by atoms with Crippen LogP contribution in [0.3, 0.4) is 0 Å². The molecule has 2 atom stereocenters. The van der Waals surface area contributed by atoms with Gasteiger partial charge in [0.05, 0.1) is 13.2 Å². The van der Waals surface area contributed by atoms with Crippen molar-refractivity contribution in [2.24, 2.45) is 0 Å². The number of rotatable bonds is 4. The van der Waals surface area contributed by atoms with E-state index in [1.807, 2.05) is 6.92 Å². The van der Waals surface area contributed by atoms with Crippen molar-refractivity contribution in [1.29, 1.82) is 0 Å². The number of ether oxygens (including phenoxy) is 1. The molecule has 0 radical (unpaired) electrons. The molecule has 0 saturated carbocycles. The van der Waals surface area contributed by atoms with E-state index in [1.54, 1.807) is 18.9 Å². The lowest BCUT2D eigenvalue weighted by Gasteiger charge is -2.26. The molecule has 1 heterocycles. The second-order valence-corrected chi connectivity index (χ2v) is 4.16. The fourth-order valence-corrected chi connectivity index (χ4v) is 1.60. The van der Waals surface area contributed by atoms with Crippen LogP contribution in [0.5, 0.6) is 0 Å². The first-order valence-corrected chi connectivity index (χ1v) is 5.92. The molecule has 1 fully saturated rings. The molecule has 2 N–H and O–H groups in total. The molecular weight excluding hydrogens is 258 g/mol. The molecular formula is C11H22ClN3O3. The van der Waals surface area contributed by atoms with E-state index in [4.69, 9.17) is 4.74 Å². The Morgan fingerprint density at radius 1 is 1.56 bits per heavy atom. The quantitative estimate of drug-likeness (QED) is 0.720. The minimum Gasteiger partial charge on any atom is -0.378 e. The Bertz CT molecular complexity index is 283. The average molecular weight is 280 g/mol. The fraction of sp³-hybridized carbons (Fsp3) is 0.818. The van der Waals surface area contributed by atoms with Crippen molar-refractivity contribution in [1.82, 2.24) is 15.5 Å². The molecule has 1 aliphatic heterocycles. The lowest BCUT2D eigenvalue weighted by Crippen LogP contribution is -2.55. The lowest BCUT2D eigenvalue weighted by molar-refractivity contribution is -0.136. The fourth-order valence-electron chi connectivity index (χ4n) is 1.60. The Hall–Kier alpha value is -0.850. The van der Waals surface area contributed by atoms with Gasteiger partial charge in [-0.1, -0.05) is 0 Å². The van der Waals surface area contributed by atoms with Crippen molar-refractivity contribution in [2.45, 2.75) is 25.9 Å². The number of likely N-dealkylation sites (N-methyl/N-ethyl adjacent to an activating group) is 1. The second kappa shape index (κ2) is 8.29. The molecule has 0 bridgehead atoms. The number of carbonyl (C=O) groups is 2. The Balaban J connectivity index is 0.00000289. The molecule has 1 aliphatic rings. The Labute approximate surface area is 114 Å². The average Bonchev–Trinajstić information content (AvgIpc) is 2.37. The lowest BCUT2D eigenvalue weighted by atomic mass is 10.2. The van der Waals surface area contributed by atoms with Crippen LogP contribution in [-0.2, 0) is 14.3 Å². The molecule has 1 saturated heterocycles. The molecule has 18 heavy (non-hydrogen) atoms. The monoisotopic (exact) mass is 279 g/mol. The summed E-state index contributed by atoms with van der Waals surface area (Å²) in [4.78, 5) is 25.1. The summed E-state index contributed by atoms with van der Waals surface area (Å²) in [5, 5.41) is 5.74. The van der Waals surface area contributed by atoms with E-state index in [2.05, 4.69) is 10.6 Å². The largest absolute Gasteiger partial charge is 0.378 e.